The summed E-state index contributed by atoms with van der Waals surface area (Å²) in [5.74, 6) is 0.0815. The number of carbonyl (C=O) groups is 1. The Kier molecular flexibility index (Phi) is 3.45. The van der Waals surface area contributed by atoms with E-state index in [-0.39, 0.29) is 5.78 Å². The second-order valence-electron chi connectivity index (χ2n) is 4.31. The van der Waals surface area contributed by atoms with Crippen LogP contribution in [0.2, 0.25) is 0 Å². The molecule has 1 heterocycles. The minimum atomic E-state index is -0.655. The van der Waals surface area contributed by atoms with E-state index in [1.165, 1.54) is 19.3 Å². The fraction of sp³-hybridized carbons (Fsp3) is 0.900. The lowest BCUT2D eigenvalue weighted by Gasteiger charge is -2.33. The lowest BCUT2D eigenvalue weighted by Crippen LogP contribution is -2.53. The van der Waals surface area contributed by atoms with E-state index in [1.54, 1.807) is 6.92 Å². The second kappa shape index (κ2) is 4.20. The predicted molar refractivity (Wildman–Crippen MR) is 53.6 cm³/mol. The highest BCUT2D eigenvalue weighted by Gasteiger charge is 2.27. The zero-order valence-corrected chi connectivity index (χ0v) is 8.68. The van der Waals surface area contributed by atoms with Gasteiger partial charge in [0, 0.05) is 6.54 Å². The molecule has 3 heteroatoms. The molecule has 1 fully saturated rings. The van der Waals surface area contributed by atoms with Gasteiger partial charge in [-0.3, -0.25) is 4.79 Å². The SMILES string of the molecule is CC(=O)C(C)(N)CN1CCCCC1. The number of nitrogens with zero attached hydrogens (tertiary/aromatic N) is 1. The topological polar surface area (TPSA) is 46.3 Å². The molecule has 0 aromatic rings. The fourth-order valence-corrected chi connectivity index (χ4v) is 1.69. The lowest BCUT2D eigenvalue weighted by molar-refractivity contribution is -0.122. The van der Waals surface area contributed by atoms with E-state index in [0.717, 1.165) is 13.1 Å². The van der Waals surface area contributed by atoms with Crippen molar-refractivity contribution in [1.82, 2.24) is 4.90 Å². The maximum atomic E-state index is 11.2. The minimum absolute atomic E-state index is 0.0815. The van der Waals surface area contributed by atoms with Crippen LogP contribution in [0.15, 0.2) is 0 Å². The molecule has 0 bridgehead atoms. The second-order valence-corrected chi connectivity index (χ2v) is 4.31. The van der Waals surface area contributed by atoms with Crippen molar-refractivity contribution in [3.8, 4) is 0 Å². The lowest BCUT2D eigenvalue weighted by atomic mass is 9.97. The standard InChI is InChI=1S/C10H20N2O/c1-9(13)10(2,11)8-12-6-4-3-5-7-12/h3-8,11H2,1-2H3. The highest BCUT2D eigenvalue weighted by atomic mass is 16.1. The third-order valence-corrected chi connectivity index (χ3v) is 2.81. The minimum Gasteiger partial charge on any atom is -0.318 e. The van der Waals surface area contributed by atoms with Gasteiger partial charge in [-0.05, 0) is 39.8 Å². The molecule has 3 nitrogen and oxygen atoms in total. The van der Waals surface area contributed by atoms with Crippen LogP contribution in [0.1, 0.15) is 33.1 Å². The van der Waals surface area contributed by atoms with Gasteiger partial charge in [0.25, 0.3) is 0 Å². The van der Waals surface area contributed by atoms with Crippen molar-refractivity contribution in [3.63, 3.8) is 0 Å². The van der Waals surface area contributed by atoms with Gasteiger partial charge in [0.1, 0.15) is 0 Å². The van der Waals surface area contributed by atoms with Gasteiger partial charge >= 0.3 is 0 Å². The number of ketones is 1. The third-order valence-electron chi connectivity index (χ3n) is 2.81. The number of carbonyl (C=O) groups excluding carboxylic acids is 1. The predicted octanol–water partition coefficient (Wildman–Crippen LogP) is 0.779. The van der Waals surface area contributed by atoms with Gasteiger partial charge in [0.2, 0.25) is 0 Å². The first-order valence-electron chi connectivity index (χ1n) is 5.05. The Morgan fingerprint density at radius 3 is 2.38 bits per heavy atom. The Bertz CT molecular complexity index is 183. The fourth-order valence-electron chi connectivity index (χ4n) is 1.69. The first kappa shape index (κ1) is 10.7. The van der Waals surface area contributed by atoms with Crippen LogP contribution in [0.25, 0.3) is 0 Å². The van der Waals surface area contributed by atoms with E-state index in [2.05, 4.69) is 4.90 Å². The monoisotopic (exact) mass is 184 g/mol. The molecule has 0 amide bonds. The summed E-state index contributed by atoms with van der Waals surface area (Å²) in [6, 6.07) is 0. The number of nitrogens with two attached hydrogens (primary N) is 1. The summed E-state index contributed by atoms with van der Waals surface area (Å²) >= 11 is 0. The summed E-state index contributed by atoms with van der Waals surface area (Å²) < 4.78 is 0. The molecule has 1 atom stereocenters. The molecular weight excluding hydrogens is 164 g/mol. The van der Waals surface area contributed by atoms with Gasteiger partial charge in [-0.15, -0.1) is 0 Å². The zero-order chi connectivity index (χ0) is 9.90. The summed E-state index contributed by atoms with van der Waals surface area (Å²) in [6.07, 6.45) is 3.81. The van der Waals surface area contributed by atoms with Crippen molar-refractivity contribution < 1.29 is 4.79 Å². The van der Waals surface area contributed by atoms with Gasteiger partial charge in [0.15, 0.2) is 5.78 Å². The number of hydrogen-bond acceptors (Lipinski definition) is 3. The van der Waals surface area contributed by atoms with Crippen molar-refractivity contribution in [3.05, 3.63) is 0 Å². The molecule has 1 aliphatic rings. The quantitative estimate of drug-likeness (QED) is 0.705. The van der Waals surface area contributed by atoms with Crippen LogP contribution in [0.5, 0.6) is 0 Å². The number of hydrogen-bond donors (Lipinski definition) is 1. The number of piperidine rings is 1. The maximum Gasteiger partial charge on any atom is 0.150 e. The molecule has 0 saturated carbocycles. The van der Waals surface area contributed by atoms with Crippen molar-refractivity contribution in [2.24, 2.45) is 5.73 Å². The van der Waals surface area contributed by atoms with Crippen molar-refractivity contribution in [2.75, 3.05) is 19.6 Å². The van der Waals surface area contributed by atoms with Gasteiger partial charge in [-0.2, -0.15) is 0 Å². The summed E-state index contributed by atoms with van der Waals surface area (Å²) in [5, 5.41) is 0. The molecule has 0 radical (unpaired) electrons. The first-order valence-corrected chi connectivity index (χ1v) is 5.05. The normalized spacial score (nSPS) is 23.9. The van der Waals surface area contributed by atoms with Crippen LogP contribution >= 0.6 is 0 Å². The number of likely N-dealkylation sites (tertiary alicyclic amines) is 1. The third kappa shape index (κ3) is 3.08. The first-order chi connectivity index (χ1) is 6.02. The smallest absolute Gasteiger partial charge is 0.150 e. The molecule has 0 aromatic heterocycles. The van der Waals surface area contributed by atoms with Crippen LogP contribution in [-0.4, -0.2) is 35.9 Å². The molecule has 1 unspecified atom stereocenters. The Balaban J connectivity index is 2.41. The van der Waals surface area contributed by atoms with E-state index >= 15 is 0 Å². The Morgan fingerprint density at radius 1 is 1.38 bits per heavy atom. The van der Waals surface area contributed by atoms with Crippen LogP contribution in [-0.2, 0) is 4.79 Å². The molecule has 1 rings (SSSR count). The zero-order valence-electron chi connectivity index (χ0n) is 8.68. The van der Waals surface area contributed by atoms with E-state index < -0.39 is 5.54 Å². The Hall–Kier alpha value is -0.410. The molecule has 76 valence electrons. The molecule has 1 aliphatic heterocycles. The van der Waals surface area contributed by atoms with E-state index in [4.69, 9.17) is 5.73 Å². The molecule has 0 spiro atoms. The van der Waals surface area contributed by atoms with Crippen molar-refractivity contribution >= 4 is 5.78 Å². The summed E-state index contributed by atoms with van der Waals surface area (Å²) in [4.78, 5) is 13.5. The highest BCUT2D eigenvalue weighted by molar-refractivity contribution is 5.85. The van der Waals surface area contributed by atoms with Gasteiger partial charge in [0.05, 0.1) is 5.54 Å². The van der Waals surface area contributed by atoms with Gasteiger partial charge in [-0.1, -0.05) is 6.42 Å². The summed E-state index contributed by atoms with van der Waals surface area (Å²) in [7, 11) is 0. The average molecular weight is 184 g/mol. The van der Waals surface area contributed by atoms with Crippen LogP contribution in [0.3, 0.4) is 0 Å². The number of rotatable bonds is 3. The maximum absolute atomic E-state index is 11.2. The van der Waals surface area contributed by atoms with Crippen LogP contribution in [0.4, 0.5) is 0 Å². The largest absolute Gasteiger partial charge is 0.318 e. The molecule has 13 heavy (non-hydrogen) atoms. The van der Waals surface area contributed by atoms with E-state index in [1.807, 2.05) is 6.92 Å². The molecule has 0 aliphatic carbocycles. The Morgan fingerprint density at radius 2 is 1.92 bits per heavy atom. The summed E-state index contributed by atoms with van der Waals surface area (Å²) in [5.41, 5.74) is 5.24. The highest BCUT2D eigenvalue weighted by Crippen LogP contribution is 2.12. The number of Topliss-reactive ketones (excluding diaryl/α,β-unsaturated/α-hetero) is 1. The van der Waals surface area contributed by atoms with Crippen LogP contribution in [0, 0.1) is 0 Å². The molecule has 2 N–H and O–H groups in total. The van der Waals surface area contributed by atoms with Crippen LogP contribution < -0.4 is 5.73 Å². The Labute approximate surface area is 80.3 Å². The molecule has 0 aromatic carbocycles. The van der Waals surface area contributed by atoms with Crippen molar-refractivity contribution in [2.45, 2.75) is 38.6 Å². The van der Waals surface area contributed by atoms with Crippen molar-refractivity contribution in [1.29, 1.82) is 0 Å². The molecule has 1 saturated heterocycles. The van der Waals surface area contributed by atoms with E-state index in [9.17, 15) is 4.79 Å². The van der Waals surface area contributed by atoms with Gasteiger partial charge in [-0.25, -0.2) is 0 Å². The summed E-state index contributed by atoms with van der Waals surface area (Å²) in [6.45, 7) is 6.30. The average Bonchev–Trinajstić information content (AvgIpc) is 2.05. The van der Waals surface area contributed by atoms with Gasteiger partial charge < -0.3 is 10.6 Å². The van der Waals surface area contributed by atoms with E-state index in [0.29, 0.717) is 6.54 Å². The molecular formula is C10H20N2O.